The minimum atomic E-state index is -0.775. The van der Waals surface area contributed by atoms with Gasteiger partial charge in [-0.2, -0.15) is 0 Å². The Labute approximate surface area is 205 Å². The fraction of sp³-hybridized carbons (Fsp3) is 0.885. The summed E-state index contributed by atoms with van der Waals surface area (Å²) < 4.78 is 16.9. The average molecular weight is 495 g/mol. The van der Waals surface area contributed by atoms with Crippen LogP contribution in [0.1, 0.15) is 97.8 Å². The quantitative estimate of drug-likeness (QED) is 0.397. The van der Waals surface area contributed by atoms with E-state index in [4.69, 9.17) is 14.2 Å². The monoisotopic (exact) mass is 494 g/mol. The zero-order chi connectivity index (χ0) is 25.5. The minimum absolute atomic E-state index is 0.231. The number of carbonyl (C=O) groups is 3. The summed E-state index contributed by atoms with van der Waals surface area (Å²) in [5.74, 6) is -0.487. The molecule has 0 amide bonds. The van der Waals surface area contributed by atoms with E-state index in [0.717, 1.165) is 38.5 Å². The molecule has 0 radical (unpaired) electrons. The molecule has 0 aromatic heterocycles. The number of hydrogen-bond acceptors (Lipinski definition) is 9. The lowest BCUT2D eigenvalue weighted by atomic mass is 9.50. The lowest BCUT2D eigenvalue weighted by Gasteiger charge is -2.63. The van der Waals surface area contributed by atoms with E-state index in [9.17, 15) is 29.7 Å². The van der Waals surface area contributed by atoms with Gasteiger partial charge in [0.05, 0.1) is 16.8 Å². The van der Waals surface area contributed by atoms with Crippen molar-refractivity contribution in [3.8, 4) is 0 Å². The molecule has 0 atom stereocenters. The van der Waals surface area contributed by atoms with Crippen LogP contribution in [0.5, 0.6) is 0 Å². The number of aliphatic hydroxyl groups is 3. The van der Waals surface area contributed by atoms with Gasteiger partial charge in [-0.25, -0.2) is 0 Å². The van der Waals surface area contributed by atoms with Crippen LogP contribution in [0.2, 0.25) is 0 Å². The van der Waals surface area contributed by atoms with Crippen LogP contribution in [0.3, 0.4) is 0 Å². The Balaban J connectivity index is 0.000000164. The topological polar surface area (TPSA) is 140 Å². The first-order valence-corrected chi connectivity index (χ1v) is 12.8. The molecule has 9 nitrogen and oxygen atoms in total. The first-order valence-electron chi connectivity index (χ1n) is 12.8. The lowest BCUT2D eigenvalue weighted by Crippen LogP contribution is -2.68. The van der Waals surface area contributed by atoms with Crippen LogP contribution in [0.25, 0.3) is 0 Å². The number of rotatable bonds is 3. The molecular weight excluding hydrogens is 456 g/mol. The van der Waals surface area contributed by atoms with E-state index in [1.807, 2.05) is 0 Å². The Morgan fingerprint density at radius 3 is 1.00 bits per heavy atom. The molecule has 196 valence electrons. The number of ether oxygens (including phenoxy) is 3. The third-order valence-electron chi connectivity index (χ3n) is 8.98. The van der Waals surface area contributed by atoms with Crippen molar-refractivity contribution in [2.45, 2.75) is 131 Å². The highest BCUT2D eigenvalue weighted by molar-refractivity contribution is 5.68. The van der Waals surface area contributed by atoms with Gasteiger partial charge in [0.15, 0.2) is 0 Å². The highest BCUT2D eigenvalue weighted by Crippen LogP contribution is 2.63. The maximum absolute atomic E-state index is 11.5. The van der Waals surface area contributed by atoms with Crippen LogP contribution >= 0.6 is 0 Å². The summed E-state index contributed by atoms with van der Waals surface area (Å²) in [6.45, 7) is 4.15. The van der Waals surface area contributed by atoms with Gasteiger partial charge in [0, 0.05) is 59.3 Å². The molecule has 8 fully saturated rings. The van der Waals surface area contributed by atoms with Crippen LogP contribution in [0, 0.1) is 11.8 Å². The van der Waals surface area contributed by atoms with Crippen molar-refractivity contribution in [1.29, 1.82) is 0 Å². The van der Waals surface area contributed by atoms with Crippen molar-refractivity contribution in [2.24, 2.45) is 11.8 Å². The highest BCUT2D eigenvalue weighted by atomic mass is 16.6. The zero-order valence-corrected chi connectivity index (χ0v) is 20.9. The highest BCUT2D eigenvalue weighted by Gasteiger charge is 2.68. The smallest absolute Gasteiger partial charge is 0.303 e. The molecule has 8 aliphatic rings. The molecule has 0 aliphatic heterocycles. The molecular formula is C26H38O9. The van der Waals surface area contributed by atoms with Crippen LogP contribution in [-0.2, 0) is 28.6 Å². The molecule has 0 unspecified atom stereocenters. The SMILES string of the molecule is CC(=O)OC12CC3CC(OC(C)=O)(C1)CC(OC(C)=O)(C3)C2.OC12CC3CC(O)(C1)CC(O)(C3)C2. The van der Waals surface area contributed by atoms with Gasteiger partial charge >= 0.3 is 17.9 Å². The van der Waals surface area contributed by atoms with Crippen molar-refractivity contribution in [3.05, 3.63) is 0 Å². The largest absolute Gasteiger partial charge is 0.459 e. The van der Waals surface area contributed by atoms with Crippen molar-refractivity contribution < 1.29 is 43.9 Å². The Morgan fingerprint density at radius 2 is 0.771 bits per heavy atom. The van der Waals surface area contributed by atoms with E-state index >= 15 is 0 Å². The normalized spacial score (nSPS) is 50.2. The second-order valence-corrected chi connectivity index (χ2v) is 13.0. The number of esters is 3. The van der Waals surface area contributed by atoms with E-state index in [1.54, 1.807) is 0 Å². The summed E-state index contributed by atoms with van der Waals surface area (Å²) in [5, 5.41) is 30.3. The molecule has 0 aromatic rings. The summed E-state index contributed by atoms with van der Waals surface area (Å²) >= 11 is 0. The second-order valence-electron chi connectivity index (χ2n) is 13.0. The van der Waals surface area contributed by atoms with Gasteiger partial charge in [-0.05, 0) is 50.4 Å². The van der Waals surface area contributed by atoms with Crippen molar-refractivity contribution in [1.82, 2.24) is 0 Å². The van der Waals surface area contributed by atoms with Gasteiger partial charge in [0.25, 0.3) is 0 Å². The first kappa shape index (κ1) is 25.0. The van der Waals surface area contributed by atoms with Crippen LogP contribution < -0.4 is 0 Å². The zero-order valence-electron chi connectivity index (χ0n) is 20.9. The molecule has 0 saturated heterocycles. The lowest BCUT2D eigenvalue weighted by molar-refractivity contribution is -0.271. The predicted molar refractivity (Wildman–Crippen MR) is 121 cm³/mol. The van der Waals surface area contributed by atoms with Gasteiger partial charge < -0.3 is 29.5 Å². The Kier molecular flexibility index (Phi) is 5.45. The summed E-state index contributed by atoms with van der Waals surface area (Å²) in [6.07, 6.45) is 7.48. The van der Waals surface area contributed by atoms with E-state index in [1.165, 1.54) is 20.8 Å². The van der Waals surface area contributed by atoms with E-state index in [0.29, 0.717) is 44.4 Å². The summed E-state index contributed by atoms with van der Waals surface area (Å²) in [5.41, 5.74) is -4.38. The van der Waals surface area contributed by atoms with E-state index in [2.05, 4.69) is 0 Å². The number of hydrogen-bond donors (Lipinski definition) is 3. The second kappa shape index (κ2) is 7.65. The summed E-state index contributed by atoms with van der Waals surface area (Å²) in [7, 11) is 0. The third-order valence-corrected chi connectivity index (χ3v) is 8.98. The third kappa shape index (κ3) is 4.71. The van der Waals surface area contributed by atoms with Crippen LogP contribution in [-0.4, -0.2) is 66.8 Å². The molecule has 0 heterocycles. The average Bonchev–Trinajstić information content (AvgIpc) is 2.52. The van der Waals surface area contributed by atoms with Crippen LogP contribution in [0.15, 0.2) is 0 Å². The molecule has 0 aromatic carbocycles. The summed E-state index contributed by atoms with van der Waals surface area (Å²) in [4.78, 5) is 34.6. The molecule has 3 N–H and O–H groups in total. The van der Waals surface area contributed by atoms with Gasteiger partial charge in [0.2, 0.25) is 0 Å². The molecule has 0 spiro atoms. The van der Waals surface area contributed by atoms with Gasteiger partial charge in [-0.1, -0.05) is 0 Å². The predicted octanol–water partition coefficient (Wildman–Crippen LogP) is 2.07. The van der Waals surface area contributed by atoms with E-state index in [-0.39, 0.29) is 23.8 Å². The molecule has 9 heteroatoms. The van der Waals surface area contributed by atoms with Crippen molar-refractivity contribution in [3.63, 3.8) is 0 Å². The maximum atomic E-state index is 11.5. The molecule has 35 heavy (non-hydrogen) atoms. The van der Waals surface area contributed by atoms with Gasteiger partial charge in [-0.3, -0.25) is 14.4 Å². The van der Waals surface area contributed by atoms with Crippen molar-refractivity contribution >= 4 is 17.9 Å². The minimum Gasteiger partial charge on any atom is -0.459 e. The molecule has 8 aliphatic carbocycles. The molecule has 8 rings (SSSR count). The summed E-state index contributed by atoms with van der Waals surface area (Å²) in [6, 6.07) is 0. The first-order chi connectivity index (χ1) is 16.1. The fourth-order valence-corrected chi connectivity index (χ4v) is 9.72. The van der Waals surface area contributed by atoms with E-state index < -0.39 is 33.6 Å². The fourth-order valence-electron chi connectivity index (χ4n) is 9.72. The molecule has 8 bridgehead atoms. The standard InChI is InChI=1S/C16H22O6.C10H16O3/c1-10(17)20-14-4-13-5-15(7-14,21-11(2)18)9-16(6-13,8-14)22-12(3)19;11-8-1-7-2-9(12,4-8)6-10(13,3-7)5-8/h13H,4-9H2,1-3H3;7,11-13H,1-6H2. The molecule has 8 saturated carbocycles. The Morgan fingerprint density at radius 1 is 0.514 bits per heavy atom. The Hall–Kier alpha value is -1.71. The van der Waals surface area contributed by atoms with Gasteiger partial charge in [-0.15, -0.1) is 0 Å². The Bertz CT molecular complexity index is 808. The van der Waals surface area contributed by atoms with Gasteiger partial charge in [0.1, 0.15) is 16.8 Å². The van der Waals surface area contributed by atoms with Crippen LogP contribution in [0.4, 0.5) is 0 Å². The number of carbonyl (C=O) groups excluding carboxylic acids is 3. The van der Waals surface area contributed by atoms with Crippen molar-refractivity contribution in [2.75, 3.05) is 0 Å². The maximum Gasteiger partial charge on any atom is 0.303 e.